The lowest BCUT2D eigenvalue weighted by Crippen LogP contribution is -2.32. The number of rotatable bonds is 7. The number of fused-ring (bicyclic) bond motifs is 1. The van der Waals surface area contributed by atoms with Crippen LogP contribution in [0.3, 0.4) is 0 Å². The molecule has 1 saturated carbocycles. The molecule has 0 spiro atoms. The summed E-state index contributed by atoms with van der Waals surface area (Å²) in [5.74, 6) is 2.11. The maximum Gasteiger partial charge on any atom is 0.223 e. The largest absolute Gasteiger partial charge is 0.491 e. The summed E-state index contributed by atoms with van der Waals surface area (Å²) in [4.78, 5) is 17.3. The first-order valence-electron chi connectivity index (χ1n) is 10.6. The molecule has 1 aliphatic rings. The van der Waals surface area contributed by atoms with Crippen molar-refractivity contribution >= 4 is 16.9 Å². The number of carbonyl (C=O) groups excluding carboxylic acids is 1. The van der Waals surface area contributed by atoms with Gasteiger partial charge in [-0.05, 0) is 43.5 Å². The number of benzene rings is 2. The number of amides is 1. The van der Waals surface area contributed by atoms with Crippen LogP contribution in [0.15, 0.2) is 48.5 Å². The molecule has 0 unspecified atom stereocenters. The van der Waals surface area contributed by atoms with Crippen LogP contribution in [0.1, 0.15) is 43.5 Å². The van der Waals surface area contributed by atoms with Crippen LogP contribution in [0.25, 0.3) is 11.0 Å². The van der Waals surface area contributed by atoms with Gasteiger partial charge in [0.05, 0.1) is 24.1 Å². The molecule has 3 aromatic rings. The van der Waals surface area contributed by atoms with Gasteiger partial charge in [0.2, 0.25) is 5.91 Å². The highest BCUT2D eigenvalue weighted by atomic mass is 16.5. The lowest BCUT2D eigenvalue weighted by Gasteiger charge is -2.20. The van der Waals surface area contributed by atoms with Gasteiger partial charge < -0.3 is 14.6 Å². The number of nitrogens with one attached hydrogen (secondary N) is 1. The van der Waals surface area contributed by atoms with Crippen LogP contribution in [-0.4, -0.2) is 22.1 Å². The SMILES string of the molecule is Cc1ccccc1OCCn1c(CNC(=O)C2CCCCC2)nc2ccccc21. The molecular weight excluding hydrogens is 362 g/mol. The van der Waals surface area contributed by atoms with Crippen molar-refractivity contribution in [3.05, 3.63) is 59.9 Å². The molecule has 5 heteroatoms. The van der Waals surface area contributed by atoms with Gasteiger partial charge in [0, 0.05) is 5.92 Å². The van der Waals surface area contributed by atoms with E-state index in [2.05, 4.69) is 16.0 Å². The summed E-state index contributed by atoms with van der Waals surface area (Å²) in [6.45, 7) is 3.74. The molecule has 1 N–H and O–H groups in total. The minimum atomic E-state index is 0.158. The number of hydrogen-bond donors (Lipinski definition) is 1. The van der Waals surface area contributed by atoms with Crippen molar-refractivity contribution in [1.82, 2.24) is 14.9 Å². The fourth-order valence-electron chi connectivity index (χ4n) is 4.15. The summed E-state index contributed by atoms with van der Waals surface area (Å²) in [5.41, 5.74) is 3.15. The number of nitrogens with zero attached hydrogens (tertiary/aromatic N) is 2. The van der Waals surface area contributed by atoms with Crippen molar-refractivity contribution in [3.8, 4) is 5.75 Å². The first kappa shape index (κ1) is 19.5. The van der Waals surface area contributed by atoms with Crippen LogP contribution in [0, 0.1) is 12.8 Å². The number of aromatic nitrogens is 2. The molecule has 2 aromatic carbocycles. The monoisotopic (exact) mass is 391 g/mol. The predicted molar refractivity (Wildman–Crippen MR) is 115 cm³/mol. The number of imidazole rings is 1. The van der Waals surface area contributed by atoms with Crippen molar-refractivity contribution < 1.29 is 9.53 Å². The Kier molecular flexibility index (Phi) is 6.13. The Labute approximate surface area is 172 Å². The molecule has 1 heterocycles. The Morgan fingerprint density at radius 2 is 1.86 bits per heavy atom. The molecule has 1 aromatic heterocycles. The molecule has 5 nitrogen and oxygen atoms in total. The van der Waals surface area contributed by atoms with Crippen molar-refractivity contribution in [2.75, 3.05) is 6.61 Å². The van der Waals surface area contributed by atoms with Gasteiger partial charge in [-0.25, -0.2) is 4.98 Å². The molecule has 0 saturated heterocycles. The van der Waals surface area contributed by atoms with Crippen LogP contribution >= 0.6 is 0 Å². The van der Waals surface area contributed by atoms with Crippen LogP contribution < -0.4 is 10.1 Å². The third-order valence-electron chi connectivity index (χ3n) is 5.80. The van der Waals surface area contributed by atoms with Crippen LogP contribution in [0.2, 0.25) is 0 Å². The standard InChI is InChI=1S/C24H29N3O2/c1-18-9-5-8-14-22(18)29-16-15-27-21-13-7-6-12-20(21)26-23(27)17-25-24(28)19-10-3-2-4-11-19/h5-9,12-14,19H,2-4,10-11,15-17H2,1H3,(H,25,28). The molecule has 0 atom stereocenters. The van der Waals surface area contributed by atoms with E-state index in [4.69, 9.17) is 9.72 Å². The van der Waals surface area contributed by atoms with Gasteiger partial charge in [-0.15, -0.1) is 0 Å². The zero-order valence-corrected chi connectivity index (χ0v) is 17.1. The van der Waals surface area contributed by atoms with E-state index in [9.17, 15) is 4.79 Å². The van der Waals surface area contributed by atoms with E-state index in [1.54, 1.807) is 0 Å². The van der Waals surface area contributed by atoms with E-state index < -0.39 is 0 Å². The van der Waals surface area contributed by atoms with E-state index >= 15 is 0 Å². The summed E-state index contributed by atoms with van der Waals surface area (Å²) < 4.78 is 8.16. The topological polar surface area (TPSA) is 56.1 Å². The molecular formula is C24H29N3O2. The lowest BCUT2D eigenvalue weighted by atomic mass is 9.89. The number of hydrogen-bond acceptors (Lipinski definition) is 3. The molecule has 1 aliphatic carbocycles. The molecule has 152 valence electrons. The summed E-state index contributed by atoms with van der Waals surface area (Å²) in [6.07, 6.45) is 5.58. The van der Waals surface area contributed by atoms with E-state index in [1.165, 1.54) is 6.42 Å². The lowest BCUT2D eigenvalue weighted by molar-refractivity contribution is -0.126. The van der Waals surface area contributed by atoms with Gasteiger partial charge in [-0.2, -0.15) is 0 Å². The van der Waals surface area contributed by atoms with Gasteiger partial charge in [0.25, 0.3) is 0 Å². The normalized spacial score (nSPS) is 14.8. The third-order valence-corrected chi connectivity index (χ3v) is 5.80. The molecule has 1 fully saturated rings. The molecule has 1 amide bonds. The van der Waals surface area contributed by atoms with E-state index in [1.807, 2.05) is 49.4 Å². The Morgan fingerprint density at radius 3 is 2.69 bits per heavy atom. The van der Waals surface area contributed by atoms with Crippen molar-refractivity contribution in [2.24, 2.45) is 5.92 Å². The van der Waals surface area contributed by atoms with Crippen molar-refractivity contribution in [1.29, 1.82) is 0 Å². The minimum Gasteiger partial charge on any atom is -0.491 e. The molecule has 4 rings (SSSR count). The zero-order chi connectivity index (χ0) is 20.1. The van der Waals surface area contributed by atoms with Crippen molar-refractivity contribution in [2.45, 2.75) is 52.1 Å². The van der Waals surface area contributed by atoms with Crippen molar-refractivity contribution in [3.63, 3.8) is 0 Å². The summed E-state index contributed by atoms with van der Waals surface area (Å²) >= 11 is 0. The quantitative estimate of drug-likeness (QED) is 0.639. The second-order valence-electron chi connectivity index (χ2n) is 7.84. The van der Waals surface area contributed by atoms with Gasteiger partial charge in [-0.3, -0.25) is 4.79 Å². The summed E-state index contributed by atoms with van der Waals surface area (Å²) in [5, 5.41) is 3.12. The van der Waals surface area contributed by atoms with Gasteiger partial charge in [0.15, 0.2) is 0 Å². The van der Waals surface area contributed by atoms with Crippen LogP contribution in [-0.2, 0) is 17.9 Å². The Bertz CT molecular complexity index is 973. The Hall–Kier alpha value is -2.82. The van der Waals surface area contributed by atoms with Crippen LogP contribution in [0.5, 0.6) is 5.75 Å². The fraction of sp³-hybridized carbons (Fsp3) is 0.417. The highest BCUT2D eigenvalue weighted by Crippen LogP contribution is 2.24. The number of carbonyl (C=O) groups is 1. The summed E-state index contributed by atoms with van der Waals surface area (Å²) in [7, 11) is 0. The molecule has 0 radical (unpaired) electrons. The smallest absolute Gasteiger partial charge is 0.223 e. The average Bonchev–Trinajstić information content (AvgIpc) is 3.11. The van der Waals surface area contributed by atoms with Gasteiger partial charge >= 0.3 is 0 Å². The first-order chi connectivity index (χ1) is 14.2. The number of ether oxygens (including phenoxy) is 1. The van der Waals surface area contributed by atoms with Gasteiger partial charge in [-0.1, -0.05) is 49.6 Å². The highest BCUT2D eigenvalue weighted by molar-refractivity contribution is 5.79. The Morgan fingerprint density at radius 1 is 1.10 bits per heavy atom. The minimum absolute atomic E-state index is 0.158. The van der Waals surface area contributed by atoms with E-state index in [0.29, 0.717) is 19.7 Å². The second kappa shape index (κ2) is 9.12. The fourth-order valence-corrected chi connectivity index (χ4v) is 4.15. The average molecular weight is 392 g/mol. The molecule has 0 aliphatic heterocycles. The summed E-state index contributed by atoms with van der Waals surface area (Å²) in [6, 6.07) is 16.1. The molecule has 29 heavy (non-hydrogen) atoms. The van der Waals surface area contributed by atoms with Crippen LogP contribution in [0.4, 0.5) is 0 Å². The number of para-hydroxylation sites is 3. The maximum atomic E-state index is 12.6. The Balaban J connectivity index is 1.45. The molecule has 0 bridgehead atoms. The first-order valence-corrected chi connectivity index (χ1v) is 10.6. The predicted octanol–water partition coefficient (Wildman–Crippen LogP) is 4.62. The zero-order valence-electron chi connectivity index (χ0n) is 17.1. The third kappa shape index (κ3) is 4.61. The highest BCUT2D eigenvalue weighted by Gasteiger charge is 2.21. The van der Waals surface area contributed by atoms with E-state index in [-0.39, 0.29) is 11.8 Å². The van der Waals surface area contributed by atoms with Gasteiger partial charge in [0.1, 0.15) is 18.2 Å². The maximum absolute atomic E-state index is 12.6. The van der Waals surface area contributed by atoms with E-state index in [0.717, 1.165) is 53.9 Å². The number of aryl methyl sites for hydroxylation is 1. The second-order valence-corrected chi connectivity index (χ2v) is 7.84.